The molecule has 0 unspecified atom stereocenters. The predicted molar refractivity (Wildman–Crippen MR) is 82.9 cm³/mol. The van der Waals surface area contributed by atoms with Crippen molar-refractivity contribution in [2.75, 3.05) is 38.0 Å². The van der Waals surface area contributed by atoms with Crippen LogP contribution in [-0.2, 0) is 0 Å². The lowest BCUT2D eigenvalue weighted by Crippen LogP contribution is -2.50. The summed E-state index contributed by atoms with van der Waals surface area (Å²) in [5, 5.41) is 2.50. The van der Waals surface area contributed by atoms with Crippen LogP contribution in [0.3, 0.4) is 0 Å². The summed E-state index contributed by atoms with van der Waals surface area (Å²) in [6, 6.07) is 2.80. The molecule has 1 fully saturated rings. The maximum absolute atomic E-state index is 13.5. The third-order valence-electron chi connectivity index (χ3n) is 3.91. The fourth-order valence-electron chi connectivity index (χ4n) is 2.55. The summed E-state index contributed by atoms with van der Waals surface area (Å²) in [6.45, 7) is 6.17. The van der Waals surface area contributed by atoms with E-state index in [9.17, 15) is 13.6 Å². The zero-order chi connectivity index (χ0) is 15.9. The molecule has 6 heteroatoms. The van der Waals surface area contributed by atoms with E-state index in [4.69, 9.17) is 0 Å². The summed E-state index contributed by atoms with van der Waals surface area (Å²) in [5.74, 6) is -1.41. The molecule has 0 radical (unpaired) electrons. The Morgan fingerprint density at radius 3 is 2.55 bits per heavy atom. The van der Waals surface area contributed by atoms with Gasteiger partial charge in [-0.25, -0.2) is 13.6 Å². The number of urea groups is 1. The Labute approximate surface area is 130 Å². The number of benzene rings is 1. The summed E-state index contributed by atoms with van der Waals surface area (Å²) >= 11 is 0. The van der Waals surface area contributed by atoms with Crippen LogP contribution in [-0.4, -0.2) is 48.6 Å². The number of carbonyl (C=O) groups excluding carboxylic acids is 1. The van der Waals surface area contributed by atoms with Gasteiger partial charge in [-0.2, -0.15) is 0 Å². The minimum atomic E-state index is -0.758. The van der Waals surface area contributed by atoms with Crippen molar-refractivity contribution in [3.05, 3.63) is 29.8 Å². The number of nitrogens with zero attached hydrogens (tertiary/aromatic N) is 2. The lowest BCUT2D eigenvalue weighted by atomic mass is 10.2. The molecule has 2 amide bonds. The Morgan fingerprint density at radius 1 is 1.18 bits per heavy atom. The van der Waals surface area contributed by atoms with Crippen molar-refractivity contribution in [1.82, 2.24) is 9.80 Å². The molecule has 0 aromatic heterocycles. The smallest absolute Gasteiger partial charge is 0.322 e. The van der Waals surface area contributed by atoms with Gasteiger partial charge < -0.3 is 10.2 Å². The van der Waals surface area contributed by atoms with Crippen LogP contribution < -0.4 is 5.32 Å². The fourth-order valence-corrected chi connectivity index (χ4v) is 2.55. The first kappa shape index (κ1) is 16.7. The third kappa shape index (κ3) is 4.66. The number of piperazine rings is 1. The molecular formula is C16H23F2N3O. The van der Waals surface area contributed by atoms with E-state index >= 15 is 0 Å². The highest BCUT2D eigenvalue weighted by Gasteiger charge is 2.21. The molecule has 0 spiro atoms. The van der Waals surface area contributed by atoms with Gasteiger partial charge in [0.1, 0.15) is 11.6 Å². The quantitative estimate of drug-likeness (QED) is 0.847. The zero-order valence-electron chi connectivity index (χ0n) is 12.9. The van der Waals surface area contributed by atoms with Crippen LogP contribution >= 0.6 is 0 Å². The van der Waals surface area contributed by atoms with Crippen LogP contribution in [0.4, 0.5) is 19.3 Å². The molecule has 1 saturated heterocycles. The van der Waals surface area contributed by atoms with E-state index < -0.39 is 11.6 Å². The maximum atomic E-state index is 13.5. The highest BCUT2D eigenvalue weighted by Crippen LogP contribution is 2.16. The van der Waals surface area contributed by atoms with Crippen molar-refractivity contribution < 1.29 is 13.6 Å². The molecule has 1 aromatic carbocycles. The summed E-state index contributed by atoms with van der Waals surface area (Å²) < 4.78 is 26.4. The van der Waals surface area contributed by atoms with Crippen LogP contribution in [0, 0.1) is 11.6 Å². The first-order valence-electron chi connectivity index (χ1n) is 7.83. The molecule has 0 aliphatic carbocycles. The van der Waals surface area contributed by atoms with Gasteiger partial charge in [-0.05, 0) is 25.1 Å². The second-order valence-electron chi connectivity index (χ2n) is 5.59. The van der Waals surface area contributed by atoms with Crippen LogP contribution in [0.25, 0.3) is 0 Å². The number of halogens is 2. The zero-order valence-corrected chi connectivity index (χ0v) is 12.9. The molecule has 1 aromatic rings. The largest absolute Gasteiger partial charge is 0.322 e. The average Bonchev–Trinajstić information content (AvgIpc) is 2.51. The molecule has 122 valence electrons. The van der Waals surface area contributed by atoms with Crippen LogP contribution in [0.2, 0.25) is 0 Å². The van der Waals surface area contributed by atoms with Crippen molar-refractivity contribution in [3.8, 4) is 0 Å². The van der Waals surface area contributed by atoms with E-state index in [1.54, 1.807) is 4.90 Å². The molecule has 22 heavy (non-hydrogen) atoms. The molecule has 4 nitrogen and oxygen atoms in total. The predicted octanol–water partition coefficient (Wildman–Crippen LogP) is 3.30. The molecular weight excluding hydrogens is 288 g/mol. The van der Waals surface area contributed by atoms with Crippen molar-refractivity contribution in [2.24, 2.45) is 0 Å². The van der Waals surface area contributed by atoms with Crippen molar-refractivity contribution in [1.29, 1.82) is 0 Å². The van der Waals surface area contributed by atoms with Crippen LogP contribution in [0.5, 0.6) is 0 Å². The number of anilines is 1. The van der Waals surface area contributed by atoms with Crippen LogP contribution in [0.1, 0.15) is 26.2 Å². The standard InChI is InChI=1S/C16H23F2N3O/c1-2-3-4-7-20-8-10-21(11-9-20)16(22)19-15-6-5-13(17)12-14(15)18/h5-6,12H,2-4,7-11H2,1H3,(H,19,22). The van der Waals surface area contributed by atoms with Gasteiger partial charge in [-0.3, -0.25) is 4.90 Å². The van der Waals surface area contributed by atoms with E-state index in [1.165, 1.54) is 25.3 Å². The lowest BCUT2D eigenvalue weighted by Gasteiger charge is -2.34. The number of hydrogen-bond donors (Lipinski definition) is 1. The van der Waals surface area contributed by atoms with Gasteiger partial charge in [0.15, 0.2) is 0 Å². The summed E-state index contributed by atoms with van der Waals surface area (Å²) in [7, 11) is 0. The Morgan fingerprint density at radius 2 is 1.91 bits per heavy atom. The van der Waals surface area contributed by atoms with E-state index in [-0.39, 0.29) is 11.7 Å². The van der Waals surface area contributed by atoms with Gasteiger partial charge in [0.25, 0.3) is 0 Å². The average molecular weight is 311 g/mol. The van der Waals surface area contributed by atoms with Gasteiger partial charge in [-0.1, -0.05) is 19.8 Å². The maximum Gasteiger partial charge on any atom is 0.322 e. The third-order valence-corrected chi connectivity index (χ3v) is 3.91. The van der Waals surface area contributed by atoms with Gasteiger partial charge >= 0.3 is 6.03 Å². The summed E-state index contributed by atoms with van der Waals surface area (Å²) in [5.41, 5.74) is 0.0109. The van der Waals surface area contributed by atoms with Crippen molar-refractivity contribution in [2.45, 2.75) is 26.2 Å². The number of amides is 2. The first-order valence-corrected chi connectivity index (χ1v) is 7.83. The Hall–Kier alpha value is -1.69. The van der Waals surface area contributed by atoms with Gasteiger partial charge in [0.05, 0.1) is 5.69 Å². The molecule has 1 N–H and O–H groups in total. The monoisotopic (exact) mass is 311 g/mol. The van der Waals surface area contributed by atoms with E-state index in [1.807, 2.05) is 0 Å². The second kappa shape index (κ2) is 8.08. The van der Waals surface area contributed by atoms with E-state index in [2.05, 4.69) is 17.1 Å². The number of nitrogens with one attached hydrogen (secondary N) is 1. The number of rotatable bonds is 5. The van der Waals surface area contributed by atoms with Crippen molar-refractivity contribution in [3.63, 3.8) is 0 Å². The van der Waals surface area contributed by atoms with E-state index in [0.717, 1.165) is 31.8 Å². The highest BCUT2D eigenvalue weighted by atomic mass is 19.1. The molecule has 0 atom stereocenters. The summed E-state index contributed by atoms with van der Waals surface area (Å²) in [4.78, 5) is 16.1. The van der Waals surface area contributed by atoms with Crippen molar-refractivity contribution >= 4 is 11.7 Å². The Kier molecular flexibility index (Phi) is 6.12. The Balaban J connectivity index is 1.80. The normalized spacial score (nSPS) is 15.9. The van der Waals surface area contributed by atoms with Crippen LogP contribution in [0.15, 0.2) is 18.2 Å². The fraction of sp³-hybridized carbons (Fsp3) is 0.562. The lowest BCUT2D eigenvalue weighted by molar-refractivity contribution is 0.146. The summed E-state index contributed by atoms with van der Waals surface area (Å²) in [6.07, 6.45) is 3.61. The number of carbonyl (C=O) groups is 1. The van der Waals surface area contributed by atoms with Gasteiger partial charge in [-0.15, -0.1) is 0 Å². The molecule has 2 rings (SSSR count). The minimum Gasteiger partial charge on any atom is -0.322 e. The van der Waals surface area contributed by atoms with E-state index in [0.29, 0.717) is 13.1 Å². The topological polar surface area (TPSA) is 35.6 Å². The molecule has 1 aliphatic heterocycles. The van der Waals surface area contributed by atoms with Gasteiger partial charge in [0.2, 0.25) is 0 Å². The molecule has 1 aliphatic rings. The van der Waals surface area contributed by atoms with Gasteiger partial charge in [0, 0.05) is 32.2 Å². The number of unbranched alkanes of at least 4 members (excludes halogenated alkanes) is 2. The molecule has 0 saturated carbocycles. The number of hydrogen-bond acceptors (Lipinski definition) is 2. The minimum absolute atomic E-state index is 0.0109. The molecule has 1 heterocycles. The first-order chi connectivity index (χ1) is 10.6. The Bertz CT molecular complexity index is 502. The second-order valence-corrected chi connectivity index (χ2v) is 5.59. The highest BCUT2D eigenvalue weighted by molar-refractivity contribution is 5.89. The SMILES string of the molecule is CCCCCN1CCN(C(=O)Nc2ccc(F)cc2F)CC1. The molecule has 0 bridgehead atoms.